The molecule has 0 fully saturated rings. The Hall–Kier alpha value is -1.98. The van der Waals surface area contributed by atoms with E-state index >= 15 is 0 Å². The number of hydrogen-bond acceptors (Lipinski definition) is 6. The molecule has 0 rings (SSSR count). The van der Waals surface area contributed by atoms with Gasteiger partial charge in [0.1, 0.15) is 35.2 Å². The van der Waals surface area contributed by atoms with E-state index in [2.05, 4.69) is 0 Å². The molecule has 0 aliphatic carbocycles. The van der Waals surface area contributed by atoms with Crippen LogP contribution in [0.3, 0.4) is 0 Å². The van der Waals surface area contributed by atoms with Crippen LogP contribution in [0.2, 0.25) is 0 Å². The van der Waals surface area contributed by atoms with E-state index in [0.717, 1.165) is 0 Å². The highest BCUT2D eigenvalue weighted by molar-refractivity contribution is 5.91. The Morgan fingerprint density at radius 2 is 0.870 bits per heavy atom. The van der Waals surface area contributed by atoms with Crippen molar-refractivity contribution < 1.29 is 28.8 Å². The zero-order valence-corrected chi connectivity index (χ0v) is 13.6. The molecule has 0 radical (unpaired) electrons. The van der Waals surface area contributed by atoms with Gasteiger partial charge in [-0.2, -0.15) is 0 Å². The highest BCUT2D eigenvalue weighted by atomic mass is 16.1. The first-order valence-corrected chi connectivity index (χ1v) is 7.85. The Balaban J connectivity index is 3.77. The number of carbonyl (C=O) groups is 6. The maximum absolute atomic E-state index is 11.6. The summed E-state index contributed by atoms with van der Waals surface area (Å²) in [5.74, 6) is -0.644. The van der Waals surface area contributed by atoms with Gasteiger partial charge < -0.3 is 9.59 Å². The number of carbonyl (C=O) groups excluding carboxylic acids is 6. The summed E-state index contributed by atoms with van der Waals surface area (Å²) >= 11 is 0. The minimum atomic E-state index is -0.166. The molecule has 0 saturated heterocycles. The van der Waals surface area contributed by atoms with Crippen molar-refractivity contribution in [3.05, 3.63) is 0 Å². The third-order valence-electron chi connectivity index (χ3n) is 3.34. The van der Waals surface area contributed by atoms with Crippen molar-refractivity contribution in [3.8, 4) is 0 Å². The van der Waals surface area contributed by atoms with Crippen LogP contribution in [0, 0.1) is 0 Å². The molecule has 0 aliphatic rings. The lowest BCUT2D eigenvalue weighted by atomic mass is 10.0. The van der Waals surface area contributed by atoms with Crippen molar-refractivity contribution in [2.45, 2.75) is 71.1 Å². The average molecular weight is 324 g/mol. The van der Waals surface area contributed by atoms with Crippen molar-refractivity contribution in [3.63, 3.8) is 0 Å². The highest BCUT2D eigenvalue weighted by Crippen LogP contribution is 2.07. The minimum Gasteiger partial charge on any atom is -0.303 e. The number of rotatable bonds is 15. The second-order valence-electron chi connectivity index (χ2n) is 5.56. The molecule has 0 saturated carbocycles. The third-order valence-corrected chi connectivity index (χ3v) is 3.34. The van der Waals surface area contributed by atoms with E-state index in [1.807, 2.05) is 0 Å². The lowest BCUT2D eigenvalue weighted by molar-refractivity contribution is -0.127. The molecule has 0 aromatic heterocycles. The van der Waals surface area contributed by atoms with Crippen LogP contribution >= 0.6 is 0 Å². The molecule has 0 aromatic rings. The minimum absolute atomic E-state index is 0.0574. The van der Waals surface area contributed by atoms with Crippen LogP contribution in [-0.2, 0) is 28.8 Å². The maximum atomic E-state index is 11.6. The van der Waals surface area contributed by atoms with E-state index in [0.29, 0.717) is 6.29 Å². The topological polar surface area (TPSA) is 102 Å². The van der Waals surface area contributed by atoms with Gasteiger partial charge in [-0.1, -0.05) is 0 Å². The van der Waals surface area contributed by atoms with Gasteiger partial charge in [0.15, 0.2) is 0 Å². The van der Waals surface area contributed by atoms with Crippen LogP contribution in [0.5, 0.6) is 0 Å². The van der Waals surface area contributed by atoms with Gasteiger partial charge in [-0.3, -0.25) is 19.2 Å². The van der Waals surface area contributed by atoms with Crippen LogP contribution in [0.1, 0.15) is 71.1 Å². The monoisotopic (exact) mass is 324 g/mol. The zero-order chi connectivity index (χ0) is 17.7. The van der Waals surface area contributed by atoms with Crippen molar-refractivity contribution in [2.75, 3.05) is 0 Å². The van der Waals surface area contributed by atoms with E-state index < -0.39 is 0 Å². The van der Waals surface area contributed by atoms with Crippen molar-refractivity contribution in [2.24, 2.45) is 0 Å². The molecule has 0 N–H and O–H groups in total. The zero-order valence-electron chi connectivity index (χ0n) is 13.6. The quantitative estimate of drug-likeness (QED) is 0.427. The molecule has 0 bridgehead atoms. The molecule has 128 valence electrons. The summed E-state index contributed by atoms with van der Waals surface area (Å²) in [4.78, 5) is 66.7. The van der Waals surface area contributed by atoms with Crippen LogP contribution < -0.4 is 0 Å². The van der Waals surface area contributed by atoms with Crippen molar-refractivity contribution in [1.82, 2.24) is 0 Å². The maximum Gasteiger partial charge on any atom is 0.133 e. The fourth-order valence-electron chi connectivity index (χ4n) is 1.87. The lowest BCUT2D eigenvalue weighted by Crippen LogP contribution is -2.09. The average Bonchev–Trinajstić information content (AvgIpc) is 2.52. The lowest BCUT2D eigenvalue weighted by Gasteiger charge is -2.01. The van der Waals surface area contributed by atoms with Crippen LogP contribution in [-0.4, -0.2) is 35.2 Å². The van der Waals surface area contributed by atoms with Gasteiger partial charge in [-0.05, 0) is 6.92 Å². The Bertz CT molecular complexity index is 464. The Morgan fingerprint density at radius 3 is 1.17 bits per heavy atom. The van der Waals surface area contributed by atoms with Gasteiger partial charge in [0, 0.05) is 64.2 Å². The Labute approximate surface area is 136 Å². The van der Waals surface area contributed by atoms with E-state index in [-0.39, 0.29) is 93.1 Å². The highest BCUT2D eigenvalue weighted by Gasteiger charge is 2.11. The van der Waals surface area contributed by atoms with E-state index in [1.165, 1.54) is 6.92 Å². The predicted molar refractivity (Wildman–Crippen MR) is 82.9 cm³/mol. The molecule has 0 aliphatic heterocycles. The second kappa shape index (κ2) is 12.6. The summed E-state index contributed by atoms with van der Waals surface area (Å²) in [6.07, 6.45) is 1.86. The summed E-state index contributed by atoms with van der Waals surface area (Å²) < 4.78 is 0. The Morgan fingerprint density at radius 1 is 0.565 bits per heavy atom. The summed E-state index contributed by atoms with van der Waals surface area (Å²) in [7, 11) is 0. The molecule has 6 nitrogen and oxygen atoms in total. The van der Waals surface area contributed by atoms with Crippen LogP contribution in [0.4, 0.5) is 0 Å². The van der Waals surface area contributed by atoms with Gasteiger partial charge in [0.2, 0.25) is 0 Å². The number of hydrogen-bond donors (Lipinski definition) is 0. The smallest absolute Gasteiger partial charge is 0.133 e. The molecular weight excluding hydrogens is 300 g/mol. The van der Waals surface area contributed by atoms with Crippen molar-refractivity contribution in [1.29, 1.82) is 0 Å². The first kappa shape index (κ1) is 21.0. The standard InChI is InChI=1S/C17H24O6/c1-13(19)4-5-15(21)8-9-17(23)11-10-16(22)7-6-14(20)3-2-12-18/h12H,2-11H2,1H3. The van der Waals surface area contributed by atoms with Crippen LogP contribution in [0.25, 0.3) is 0 Å². The van der Waals surface area contributed by atoms with E-state index in [4.69, 9.17) is 0 Å². The molecule has 0 amide bonds. The first-order chi connectivity index (χ1) is 10.8. The fourth-order valence-corrected chi connectivity index (χ4v) is 1.87. The van der Waals surface area contributed by atoms with Gasteiger partial charge in [0.05, 0.1) is 0 Å². The summed E-state index contributed by atoms with van der Waals surface area (Å²) in [5.41, 5.74) is 0. The number of Topliss-reactive ketones (excluding diaryl/α,β-unsaturated/α-hetero) is 5. The SMILES string of the molecule is CC(=O)CCC(=O)CCC(=O)CCC(=O)CCC(=O)CCC=O. The van der Waals surface area contributed by atoms with Crippen LogP contribution in [0.15, 0.2) is 0 Å². The first-order valence-electron chi connectivity index (χ1n) is 7.85. The molecule has 0 aromatic carbocycles. The molecule has 0 heterocycles. The summed E-state index contributed by atoms with van der Waals surface area (Å²) in [6, 6.07) is 0. The van der Waals surface area contributed by atoms with Crippen molar-refractivity contribution >= 4 is 35.2 Å². The van der Waals surface area contributed by atoms with Gasteiger partial charge >= 0.3 is 0 Å². The molecule has 0 spiro atoms. The molecule has 6 heteroatoms. The second-order valence-corrected chi connectivity index (χ2v) is 5.56. The molecule has 0 atom stereocenters. The van der Waals surface area contributed by atoms with Gasteiger partial charge in [0.25, 0.3) is 0 Å². The number of aldehydes is 1. The van der Waals surface area contributed by atoms with E-state index in [9.17, 15) is 28.8 Å². The summed E-state index contributed by atoms with van der Waals surface area (Å²) in [5, 5.41) is 0. The molecule has 23 heavy (non-hydrogen) atoms. The predicted octanol–water partition coefficient (Wildman–Crippen LogP) is 1.95. The normalized spacial score (nSPS) is 10.1. The fraction of sp³-hybridized carbons (Fsp3) is 0.647. The largest absolute Gasteiger partial charge is 0.303 e. The van der Waals surface area contributed by atoms with Gasteiger partial charge in [-0.15, -0.1) is 0 Å². The summed E-state index contributed by atoms with van der Waals surface area (Å²) in [6.45, 7) is 1.41. The number of ketones is 5. The Kier molecular flexibility index (Phi) is 11.5. The van der Waals surface area contributed by atoms with Gasteiger partial charge in [-0.25, -0.2) is 0 Å². The van der Waals surface area contributed by atoms with E-state index in [1.54, 1.807) is 0 Å². The third kappa shape index (κ3) is 13.4. The molecule has 0 unspecified atom stereocenters. The molecular formula is C17H24O6.